The number of fused-ring (bicyclic) bond motifs is 10. The Kier molecular flexibility index (Phi) is 6.89. The molecule has 3 aromatic rings. The Morgan fingerprint density at radius 3 is 2.56 bits per heavy atom. The van der Waals surface area contributed by atoms with E-state index in [1.54, 1.807) is 24.3 Å². The largest absolute Gasteiger partial charge is 0.504 e. The van der Waals surface area contributed by atoms with Crippen molar-refractivity contribution in [3.05, 3.63) is 74.8 Å². The van der Waals surface area contributed by atoms with Crippen molar-refractivity contribution in [3.63, 3.8) is 0 Å². The summed E-state index contributed by atoms with van der Waals surface area (Å²) in [5.74, 6) is 0.888. The fraction of sp³-hybridized carbons (Fsp3) is 0.417. The third kappa shape index (κ3) is 4.04. The standard InChI is InChI=1S/C36H36N4O8/c1-16-10-19-11-23-25(13-37)40-24(29(38(23)4)27(19)30(42)31(16)45-5)12-22-28(34-33(46-15-47-34)17(2)32(22)48-18(3)41)26(40)14-39-35(43)20-8-6-7-9-21(20)36(39)44/h6-10,23-26,29,35,42-43H,11-12,14-15H2,1-5H3/t23-,24-,25-,26-,29-,35?/m0/s1. The summed E-state index contributed by atoms with van der Waals surface area (Å²) in [5.41, 5.74) is 5.37. The van der Waals surface area contributed by atoms with Gasteiger partial charge in [0.2, 0.25) is 6.79 Å². The van der Waals surface area contributed by atoms with Crippen LogP contribution < -0.4 is 18.9 Å². The highest BCUT2D eigenvalue weighted by molar-refractivity contribution is 5.99. The van der Waals surface area contributed by atoms with E-state index in [1.165, 1.54) is 18.9 Å². The summed E-state index contributed by atoms with van der Waals surface area (Å²) in [7, 11) is 3.50. The molecule has 1 fully saturated rings. The van der Waals surface area contributed by atoms with E-state index >= 15 is 0 Å². The third-order valence-electron chi connectivity index (χ3n) is 10.9. The number of carbonyl (C=O) groups is 2. The van der Waals surface area contributed by atoms with Crippen molar-refractivity contribution in [2.75, 3.05) is 27.5 Å². The molecule has 48 heavy (non-hydrogen) atoms. The summed E-state index contributed by atoms with van der Waals surface area (Å²) >= 11 is 0. The first-order valence-corrected chi connectivity index (χ1v) is 16.1. The lowest BCUT2D eigenvalue weighted by Gasteiger charge is -2.60. The van der Waals surface area contributed by atoms with Gasteiger partial charge in [-0.15, -0.1) is 0 Å². The molecule has 0 saturated carbocycles. The van der Waals surface area contributed by atoms with Crippen molar-refractivity contribution in [2.45, 2.75) is 70.0 Å². The summed E-state index contributed by atoms with van der Waals surface area (Å²) in [4.78, 5) is 32.1. The van der Waals surface area contributed by atoms with Gasteiger partial charge in [-0.05, 0) is 50.9 Å². The SMILES string of the molecule is COc1c(C)cc2c(c1O)[C@@H]1[C@@H]3Cc4c(OC(C)=O)c(C)c5c(c4[C@H](CN4C(=O)c6ccccc6C4O)N3[C@@H](C#N)[C@H](C2)N1C)OCO5. The molecule has 8 rings (SSSR count). The number of carbonyl (C=O) groups excluding carboxylic acids is 2. The number of rotatable bonds is 4. The number of likely N-dealkylation sites (N-methyl/N-ethyl adjacent to an activating group) is 1. The predicted octanol–water partition coefficient (Wildman–Crippen LogP) is 3.59. The van der Waals surface area contributed by atoms with Gasteiger partial charge in [-0.2, -0.15) is 5.26 Å². The van der Waals surface area contributed by atoms with Gasteiger partial charge < -0.3 is 34.1 Å². The van der Waals surface area contributed by atoms with Crippen LogP contribution in [-0.2, 0) is 17.6 Å². The molecule has 5 aliphatic rings. The second-order valence-electron chi connectivity index (χ2n) is 13.3. The van der Waals surface area contributed by atoms with Gasteiger partial charge >= 0.3 is 5.97 Å². The molecule has 3 aromatic carbocycles. The number of nitrogens with zero attached hydrogens (tertiary/aromatic N) is 4. The minimum atomic E-state index is -1.20. The number of benzene rings is 3. The molecule has 5 aliphatic heterocycles. The molecule has 2 N–H and O–H groups in total. The van der Waals surface area contributed by atoms with E-state index in [9.17, 15) is 25.1 Å². The zero-order valence-corrected chi connectivity index (χ0v) is 27.3. The molecule has 0 aromatic heterocycles. The number of methoxy groups -OCH3 is 1. The number of amides is 1. The Morgan fingerprint density at radius 1 is 1.10 bits per heavy atom. The smallest absolute Gasteiger partial charge is 0.308 e. The summed E-state index contributed by atoms with van der Waals surface area (Å²) in [5, 5.41) is 34.2. The average molecular weight is 653 g/mol. The number of piperazine rings is 1. The number of hydrogen-bond donors (Lipinski definition) is 2. The summed E-state index contributed by atoms with van der Waals surface area (Å²) in [6.07, 6.45) is -0.369. The van der Waals surface area contributed by atoms with Crippen LogP contribution >= 0.6 is 0 Å². The van der Waals surface area contributed by atoms with Gasteiger partial charge in [0, 0.05) is 58.9 Å². The van der Waals surface area contributed by atoms with Crippen LogP contribution in [0.4, 0.5) is 0 Å². The zero-order valence-electron chi connectivity index (χ0n) is 27.3. The number of aromatic hydroxyl groups is 1. The van der Waals surface area contributed by atoms with Gasteiger partial charge in [0.25, 0.3) is 5.91 Å². The summed E-state index contributed by atoms with van der Waals surface area (Å²) in [6.45, 7) is 5.01. The van der Waals surface area contributed by atoms with Crippen molar-refractivity contribution in [2.24, 2.45) is 0 Å². The second-order valence-corrected chi connectivity index (χ2v) is 13.3. The fourth-order valence-electron chi connectivity index (χ4n) is 9.01. The maximum atomic E-state index is 13.9. The predicted molar refractivity (Wildman–Crippen MR) is 170 cm³/mol. The van der Waals surface area contributed by atoms with Crippen LogP contribution in [0.5, 0.6) is 28.7 Å². The summed E-state index contributed by atoms with van der Waals surface area (Å²) < 4.78 is 23.6. The monoisotopic (exact) mass is 652 g/mol. The Bertz CT molecular complexity index is 1960. The zero-order chi connectivity index (χ0) is 33.8. The molecule has 12 heteroatoms. The van der Waals surface area contributed by atoms with E-state index in [1.807, 2.05) is 27.0 Å². The van der Waals surface area contributed by atoms with Gasteiger partial charge in [-0.1, -0.05) is 24.3 Å². The Hall–Kier alpha value is -4.83. The second kappa shape index (κ2) is 10.8. The molecule has 5 heterocycles. The minimum absolute atomic E-state index is 0.00788. The molecule has 0 aliphatic carbocycles. The van der Waals surface area contributed by atoms with Gasteiger partial charge in [0.05, 0.1) is 25.3 Å². The van der Waals surface area contributed by atoms with Crippen LogP contribution in [0.15, 0.2) is 30.3 Å². The van der Waals surface area contributed by atoms with Crippen LogP contribution in [0.25, 0.3) is 0 Å². The maximum absolute atomic E-state index is 13.9. The molecule has 12 nitrogen and oxygen atoms in total. The Balaban J connectivity index is 1.37. The van der Waals surface area contributed by atoms with E-state index in [-0.39, 0.29) is 31.0 Å². The highest BCUT2D eigenvalue weighted by Gasteiger charge is 2.57. The van der Waals surface area contributed by atoms with Crippen LogP contribution in [0.2, 0.25) is 0 Å². The van der Waals surface area contributed by atoms with E-state index in [2.05, 4.69) is 15.9 Å². The molecule has 1 unspecified atom stereocenters. The number of phenolic OH excluding ortho intramolecular Hbond substituents is 1. The van der Waals surface area contributed by atoms with E-state index in [0.717, 1.165) is 16.7 Å². The van der Waals surface area contributed by atoms with Crippen molar-refractivity contribution < 1.29 is 38.7 Å². The number of esters is 1. The molecular weight excluding hydrogens is 616 g/mol. The van der Waals surface area contributed by atoms with E-state index in [0.29, 0.717) is 63.7 Å². The third-order valence-corrected chi connectivity index (χ3v) is 10.9. The highest BCUT2D eigenvalue weighted by atomic mass is 16.7. The number of nitriles is 1. The molecular formula is C36H36N4O8. The molecule has 0 spiro atoms. The van der Waals surface area contributed by atoms with E-state index in [4.69, 9.17) is 18.9 Å². The molecule has 0 radical (unpaired) electrons. The highest BCUT2D eigenvalue weighted by Crippen LogP contribution is 2.59. The van der Waals surface area contributed by atoms with Gasteiger partial charge in [-0.3, -0.25) is 19.4 Å². The van der Waals surface area contributed by atoms with Crippen LogP contribution in [0.3, 0.4) is 0 Å². The molecule has 6 atom stereocenters. The Labute approximate surface area is 277 Å². The number of aryl methyl sites for hydroxylation is 1. The minimum Gasteiger partial charge on any atom is -0.504 e. The number of hydrogen-bond acceptors (Lipinski definition) is 11. The number of aliphatic hydroxyl groups excluding tert-OH is 1. The average Bonchev–Trinajstić information content (AvgIpc) is 3.64. The first kappa shape index (κ1) is 30.5. The lowest BCUT2D eigenvalue weighted by Crippen LogP contribution is -2.68. The lowest BCUT2D eigenvalue weighted by molar-refractivity contribution is -0.132. The van der Waals surface area contributed by atoms with E-state index < -0.39 is 36.4 Å². The Morgan fingerprint density at radius 2 is 1.85 bits per heavy atom. The van der Waals surface area contributed by atoms with Crippen molar-refractivity contribution in [1.29, 1.82) is 5.26 Å². The first-order valence-electron chi connectivity index (χ1n) is 16.1. The van der Waals surface area contributed by atoms with Crippen LogP contribution in [0.1, 0.15) is 74.5 Å². The lowest BCUT2D eigenvalue weighted by atomic mass is 9.71. The molecule has 248 valence electrons. The van der Waals surface area contributed by atoms with Crippen LogP contribution in [0, 0.1) is 25.2 Å². The molecule has 1 saturated heterocycles. The molecule has 1 amide bonds. The number of aliphatic hydroxyl groups is 1. The van der Waals surface area contributed by atoms with Crippen LogP contribution in [-0.4, -0.2) is 82.4 Å². The van der Waals surface area contributed by atoms with Crippen molar-refractivity contribution in [1.82, 2.24) is 14.7 Å². The topological polar surface area (TPSA) is 145 Å². The first-order chi connectivity index (χ1) is 23.1. The van der Waals surface area contributed by atoms with Gasteiger partial charge in [0.1, 0.15) is 11.8 Å². The normalized spacial score (nSPS) is 26.7. The van der Waals surface area contributed by atoms with Gasteiger partial charge in [-0.25, -0.2) is 0 Å². The van der Waals surface area contributed by atoms with Gasteiger partial charge in [0.15, 0.2) is 29.2 Å². The fourth-order valence-corrected chi connectivity index (χ4v) is 9.01. The van der Waals surface area contributed by atoms with Crippen molar-refractivity contribution in [3.8, 4) is 34.8 Å². The number of phenols is 1. The molecule has 2 bridgehead atoms. The van der Waals surface area contributed by atoms with Crippen molar-refractivity contribution >= 4 is 11.9 Å². The number of ether oxygens (including phenoxy) is 4. The quantitative estimate of drug-likeness (QED) is 0.315. The maximum Gasteiger partial charge on any atom is 0.308 e. The summed E-state index contributed by atoms with van der Waals surface area (Å²) in [6, 6.07) is 9.17.